The summed E-state index contributed by atoms with van der Waals surface area (Å²) in [5.41, 5.74) is 0. The molecule has 0 spiro atoms. The third-order valence-corrected chi connectivity index (χ3v) is 0.900. The van der Waals surface area contributed by atoms with Crippen molar-refractivity contribution < 1.29 is 9.90 Å². The summed E-state index contributed by atoms with van der Waals surface area (Å²) in [6.07, 6.45) is 0. The van der Waals surface area contributed by atoms with E-state index < -0.39 is 5.97 Å². The molecule has 2 nitrogen and oxygen atoms in total. The fourth-order valence-corrected chi connectivity index (χ4v) is 0.419. The van der Waals surface area contributed by atoms with Crippen LogP contribution in [0.4, 0.5) is 0 Å². The molecule has 0 radical (unpaired) electrons. The van der Waals surface area contributed by atoms with Crippen molar-refractivity contribution in [3.05, 3.63) is 0 Å². The Balaban J connectivity index is 4.25. The molecule has 0 saturated carbocycles. The zero-order valence-corrected chi connectivity index (χ0v) is 8.70. The van der Waals surface area contributed by atoms with Crippen molar-refractivity contribution in [1.29, 1.82) is 0 Å². The minimum absolute atomic E-state index is 1.23. The molecule has 0 saturated heterocycles. The number of hydrogen-bond donors (Lipinski definition) is 2. The van der Waals surface area contributed by atoms with Crippen LogP contribution in [0, 0.1) is 70.4 Å². The average molecular weight is 222 g/mol. The van der Waals surface area contributed by atoms with Crippen LogP contribution in [0.25, 0.3) is 0 Å². The van der Waals surface area contributed by atoms with Crippen molar-refractivity contribution in [3.8, 4) is 70.4 Å². The van der Waals surface area contributed by atoms with E-state index in [1.807, 2.05) is 5.92 Å². The number of carbonyl (C=O) groups is 1. The van der Waals surface area contributed by atoms with Gasteiger partial charge >= 0.3 is 5.97 Å². The molecule has 0 rings (SSSR count). The van der Waals surface area contributed by atoms with Crippen molar-refractivity contribution in [1.82, 2.24) is 0 Å². The van der Waals surface area contributed by atoms with Gasteiger partial charge in [-0.25, -0.2) is 4.79 Å². The molecule has 16 heavy (non-hydrogen) atoms. The maximum atomic E-state index is 9.93. The largest absolute Gasteiger partial charge is 0.472 e. The molecule has 0 heterocycles. The van der Waals surface area contributed by atoms with Crippen LogP contribution in [0.5, 0.6) is 0 Å². The van der Waals surface area contributed by atoms with Crippen LogP contribution in [0.1, 0.15) is 0 Å². The molecule has 0 fully saturated rings. The molecule has 0 amide bonds. The first kappa shape index (κ1) is 13.2. The van der Waals surface area contributed by atoms with Gasteiger partial charge in [-0.2, -0.15) is 0 Å². The standard InChI is InChI=1S/C13H2O2S/c14-13(15)11-9-7-5-3-1-2-4-6-8-10-12-16/h16H,(H,14,15). The highest BCUT2D eigenvalue weighted by atomic mass is 32.1. The Labute approximate surface area is 99.2 Å². The molecule has 3 heteroatoms. The molecule has 0 aliphatic rings. The Morgan fingerprint density at radius 3 is 1.50 bits per heavy atom. The normalized spacial score (nSPS) is 4.56. The lowest BCUT2D eigenvalue weighted by atomic mass is 10.5. The number of rotatable bonds is 0. The first-order valence-electron chi connectivity index (χ1n) is 3.65. The summed E-state index contributed by atoms with van der Waals surface area (Å²) >= 11 is 3.61. The highest BCUT2D eigenvalue weighted by Crippen LogP contribution is 1.60. The van der Waals surface area contributed by atoms with Gasteiger partial charge in [0.15, 0.2) is 0 Å². The molecule has 72 valence electrons. The maximum Gasteiger partial charge on any atom is 0.382 e. The third kappa shape index (κ3) is 11.2. The van der Waals surface area contributed by atoms with Crippen molar-refractivity contribution in [2.75, 3.05) is 0 Å². The lowest BCUT2D eigenvalue weighted by Gasteiger charge is -1.63. The minimum Gasteiger partial charge on any atom is -0.472 e. The predicted molar refractivity (Wildman–Crippen MR) is 63.3 cm³/mol. The third-order valence-electron chi connectivity index (χ3n) is 0.788. The van der Waals surface area contributed by atoms with Gasteiger partial charge in [-0.15, -0.1) is 0 Å². The highest BCUT2D eigenvalue weighted by Gasteiger charge is 1.78. The van der Waals surface area contributed by atoms with E-state index in [9.17, 15) is 4.79 Å². The van der Waals surface area contributed by atoms with Crippen LogP contribution in [-0.2, 0) is 4.79 Å². The van der Waals surface area contributed by atoms with Gasteiger partial charge in [0.25, 0.3) is 0 Å². The van der Waals surface area contributed by atoms with Crippen molar-refractivity contribution >= 4 is 18.6 Å². The van der Waals surface area contributed by atoms with Gasteiger partial charge in [0.05, 0.1) is 0 Å². The number of thiol groups is 1. The van der Waals surface area contributed by atoms with Gasteiger partial charge in [-0.3, -0.25) is 0 Å². The molecule has 0 atom stereocenters. The molecule has 0 aliphatic carbocycles. The Hall–Kier alpha value is -2.82. The van der Waals surface area contributed by atoms with Crippen molar-refractivity contribution in [2.45, 2.75) is 0 Å². The number of carboxylic acid groups (broad SMARTS) is 1. The fraction of sp³-hybridized carbons (Fsp3) is 0. The van der Waals surface area contributed by atoms with Gasteiger partial charge in [0.2, 0.25) is 0 Å². The van der Waals surface area contributed by atoms with Crippen molar-refractivity contribution in [3.63, 3.8) is 0 Å². The van der Waals surface area contributed by atoms with E-state index in [0.29, 0.717) is 0 Å². The molecular formula is C13H2O2S. The Morgan fingerprint density at radius 1 is 0.750 bits per heavy atom. The fourth-order valence-electron chi connectivity index (χ4n) is 0.363. The molecule has 0 bridgehead atoms. The van der Waals surface area contributed by atoms with E-state index in [1.54, 1.807) is 0 Å². The molecule has 0 aromatic rings. The molecule has 0 aliphatic heterocycles. The second-order valence-electron chi connectivity index (χ2n) is 1.79. The van der Waals surface area contributed by atoms with Crippen molar-refractivity contribution in [2.24, 2.45) is 0 Å². The summed E-state index contributed by atoms with van der Waals surface area (Å²) in [6, 6.07) is 0. The van der Waals surface area contributed by atoms with E-state index in [-0.39, 0.29) is 0 Å². The molecule has 0 aromatic heterocycles. The Kier molecular flexibility index (Phi) is 8.45. The smallest absolute Gasteiger partial charge is 0.382 e. The number of carboxylic acids is 1. The van der Waals surface area contributed by atoms with Crippen LogP contribution < -0.4 is 0 Å². The van der Waals surface area contributed by atoms with E-state index in [2.05, 4.69) is 77.1 Å². The monoisotopic (exact) mass is 222 g/mol. The van der Waals surface area contributed by atoms with Crippen LogP contribution in [0.3, 0.4) is 0 Å². The molecule has 1 N–H and O–H groups in total. The van der Waals surface area contributed by atoms with E-state index >= 15 is 0 Å². The number of hydrogen-bond acceptors (Lipinski definition) is 2. The summed E-state index contributed by atoms with van der Waals surface area (Å²) < 4.78 is 0. The van der Waals surface area contributed by atoms with Gasteiger partial charge in [-0.1, -0.05) is 12.6 Å². The molecule has 0 unspecified atom stereocenters. The van der Waals surface area contributed by atoms with Gasteiger partial charge < -0.3 is 5.11 Å². The van der Waals surface area contributed by atoms with Crippen LogP contribution in [0.15, 0.2) is 0 Å². The number of aliphatic carboxylic acids is 1. The van der Waals surface area contributed by atoms with E-state index in [4.69, 9.17) is 5.11 Å². The van der Waals surface area contributed by atoms with E-state index in [1.165, 1.54) is 0 Å². The lowest BCUT2D eigenvalue weighted by Crippen LogP contribution is -1.85. The zero-order chi connectivity index (χ0) is 12.1. The predicted octanol–water partition coefficient (Wildman–Crippen LogP) is -0.0213. The topological polar surface area (TPSA) is 37.3 Å². The van der Waals surface area contributed by atoms with Gasteiger partial charge in [0, 0.05) is 5.92 Å². The second-order valence-corrected chi connectivity index (χ2v) is 2.02. The summed E-state index contributed by atoms with van der Waals surface area (Å²) in [6.45, 7) is 0. The van der Waals surface area contributed by atoms with E-state index in [0.717, 1.165) is 0 Å². The average Bonchev–Trinajstić information content (AvgIpc) is 2.25. The molecular weight excluding hydrogens is 220 g/mol. The first-order chi connectivity index (χ1) is 7.77. The summed E-state index contributed by atoms with van der Waals surface area (Å²) in [7, 11) is 0. The van der Waals surface area contributed by atoms with Crippen LogP contribution >= 0.6 is 12.6 Å². The van der Waals surface area contributed by atoms with Crippen LogP contribution in [-0.4, -0.2) is 11.1 Å². The quantitative estimate of drug-likeness (QED) is 0.446. The zero-order valence-electron chi connectivity index (χ0n) is 7.80. The second kappa shape index (κ2) is 10.3. The summed E-state index contributed by atoms with van der Waals surface area (Å²) in [4.78, 5) is 9.93. The first-order valence-corrected chi connectivity index (χ1v) is 4.10. The SMILES string of the molecule is O=C(O)C#CC#CC#CC#CC#CC#CS. The lowest BCUT2D eigenvalue weighted by molar-refractivity contribution is -0.130. The Bertz CT molecular complexity index is 633. The van der Waals surface area contributed by atoms with Gasteiger partial charge in [0.1, 0.15) is 0 Å². The maximum absolute atomic E-state index is 9.93. The molecule has 0 aromatic carbocycles. The van der Waals surface area contributed by atoms with Gasteiger partial charge in [-0.05, 0) is 64.5 Å². The summed E-state index contributed by atoms with van der Waals surface area (Å²) in [5, 5.41) is 10.4. The highest BCUT2D eigenvalue weighted by molar-refractivity contribution is 7.85. The van der Waals surface area contributed by atoms with Crippen LogP contribution in [0.2, 0.25) is 0 Å². The summed E-state index contributed by atoms with van der Waals surface area (Å²) in [5.74, 6) is 23.9. The minimum atomic E-state index is -1.23. The Morgan fingerprint density at radius 2 is 1.12 bits per heavy atom.